The SMILES string of the molecule is O=C(CCc1ccc(F)c(C(F)(F)F)c1)c1cc2cc(F)ccc2[nH]1. The Morgan fingerprint density at radius 2 is 1.76 bits per heavy atom. The van der Waals surface area contributed by atoms with E-state index in [2.05, 4.69) is 4.98 Å². The maximum absolute atomic E-state index is 13.3. The lowest BCUT2D eigenvalue weighted by atomic mass is 10.0. The summed E-state index contributed by atoms with van der Waals surface area (Å²) in [5, 5.41) is 0.532. The van der Waals surface area contributed by atoms with Gasteiger partial charge < -0.3 is 4.98 Å². The molecule has 2 nitrogen and oxygen atoms in total. The molecular formula is C18H12F5NO. The first-order valence-corrected chi connectivity index (χ1v) is 7.41. The molecule has 0 fully saturated rings. The average molecular weight is 353 g/mol. The van der Waals surface area contributed by atoms with E-state index in [-0.39, 0.29) is 29.9 Å². The quantitative estimate of drug-likeness (QED) is 0.502. The van der Waals surface area contributed by atoms with Gasteiger partial charge in [0, 0.05) is 17.3 Å². The molecule has 0 aliphatic heterocycles. The molecule has 3 aromatic rings. The Bertz CT molecular complexity index is 942. The molecule has 0 spiro atoms. The van der Waals surface area contributed by atoms with Gasteiger partial charge in [0.15, 0.2) is 5.78 Å². The number of hydrogen-bond acceptors (Lipinski definition) is 1. The van der Waals surface area contributed by atoms with E-state index in [0.717, 1.165) is 6.07 Å². The first kappa shape index (κ1) is 17.1. The zero-order valence-electron chi connectivity index (χ0n) is 12.8. The van der Waals surface area contributed by atoms with Gasteiger partial charge in [-0.2, -0.15) is 13.2 Å². The van der Waals surface area contributed by atoms with Crippen LogP contribution in [0.2, 0.25) is 0 Å². The van der Waals surface area contributed by atoms with Gasteiger partial charge in [0.2, 0.25) is 0 Å². The summed E-state index contributed by atoms with van der Waals surface area (Å²) in [6.07, 6.45) is -4.81. The molecule has 1 heterocycles. The van der Waals surface area contributed by atoms with Crippen molar-refractivity contribution >= 4 is 16.7 Å². The molecular weight excluding hydrogens is 341 g/mol. The molecule has 0 saturated carbocycles. The normalized spacial score (nSPS) is 11.9. The number of Topliss-reactive ketones (excluding diaryl/α,β-unsaturated/α-hetero) is 1. The minimum atomic E-state index is -4.79. The zero-order valence-corrected chi connectivity index (χ0v) is 12.8. The van der Waals surface area contributed by atoms with Crippen LogP contribution < -0.4 is 0 Å². The van der Waals surface area contributed by atoms with E-state index >= 15 is 0 Å². The number of halogens is 5. The molecule has 0 saturated heterocycles. The maximum atomic E-state index is 13.3. The molecule has 7 heteroatoms. The van der Waals surface area contributed by atoms with Crippen LogP contribution in [0.3, 0.4) is 0 Å². The van der Waals surface area contributed by atoms with E-state index in [0.29, 0.717) is 17.0 Å². The fraction of sp³-hybridized carbons (Fsp3) is 0.167. The molecule has 2 aromatic carbocycles. The number of alkyl halides is 3. The van der Waals surface area contributed by atoms with E-state index in [1.807, 2.05) is 0 Å². The molecule has 1 aromatic heterocycles. The van der Waals surface area contributed by atoms with Gasteiger partial charge in [-0.25, -0.2) is 8.78 Å². The van der Waals surface area contributed by atoms with E-state index in [9.17, 15) is 26.7 Å². The molecule has 0 radical (unpaired) electrons. The van der Waals surface area contributed by atoms with Gasteiger partial charge in [-0.1, -0.05) is 6.07 Å². The third-order valence-corrected chi connectivity index (χ3v) is 3.86. The van der Waals surface area contributed by atoms with E-state index < -0.39 is 23.4 Å². The van der Waals surface area contributed by atoms with Crippen LogP contribution >= 0.6 is 0 Å². The largest absolute Gasteiger partial charge is 0.419 e. The van der Waals surface area contributed by atoms with Crippen molar-refractivity contribution in [3.8, 4) is 0 Å². The number of rotatable bonds is 4. The van der Waals surface area contributed by atoms with Crippen LogP contribution in [0.25, 0.3) is 10.9 Å². The molecule has 0 atom stereocenters. The topological polar surface area (TPSA) is 32.9 Å². The second-order valence-corrected chi connectivity index (χ2v) is 5.65. The Kier molecular flexibility index (Phi) is 4.32. The summed E-state index contributed by atoms with van der Waals surface area (Å²) in [5.74, 6) is -2.11. The Hall–Kier alpha value is -2.70. The predicted octanol–water partition coefficient (Wildman–Crippen LogP) is 5.28. The molecule has 0 amide bonds. The molecule has 0 unspecified atom stereocenters. The third-order valence-electron chi connectivity index (χ3n) is 3.86. The first-order valence-electron chi connectivity index (χ1n) is 7.41. The Morgan fingerprint density at radius 3 is 2.48 bits per heavy atom. The maximum Gasteiger partial charge on any atom is 0.419 e. The smallest absolute Gasteiger partial charge is 0.352 e. The van der Waals surface area contributed by atoms with Crippen molar-refractivity contribution in [3.05, 3.63) is 70.9 Å². The number of ketones is 1. The van der Waals surface area contributed by atoms with Crippen LogP contribution in [0, 0.1) is 11.6 Å². The van der Waals surface area contributed by atoms with Crippen molar-refractivity contribution in [2.45, 2.75) is 19.0 Å². The van der Waals surface area contributed by atoms with Crippen LogP contribution in [-0.4, -0.2) is 10.8 Å². The van der Waals surface area contributed by atoms with Crippen LogP contribution in [0.4, 0.5) is 22.0 Å². The van der Waals surface area contributed by atoms with Crippen molar-refractivity contribution in [2.24, 2.45) is 0 Å². The van der Waals surface area contributed by atoms with Gasteiger partial charge in [0.25, 0.3) is 0 Å². The number of carbonyl (C=O) groups excluding carboxylic acids is 1. The third kappa shape index (κ3) is 3.70. The number of fused-ring (bicyclic) bond motifs is 1. The summed E-state index contributed by atoms with van der Waals surface area (Å²) < 4.78 is 64.5. The lowest BCUT2D eigenvalue weighted by Crippen LogP contribution is -2.09. The number of aromatic nitrogens is 1. The van der Waals surface area contributed by atoms with E-state index in [4.69, 9.17) is 0 Å². The second kappa shape index (κ2) is 6.31. The standard InChI is InChI=1S/C18H12F5NO/c19-12-3-5-15-11(8-12)9-16(24-15)17(25)6-2-10-1-4-14(20)13(7-10)18(21,22)23/h1,3-5,7-9,24H,2,6H2. The fourth-order valence-electron chi connectivity index (χ4n) is 2.59. The van der Waals surface area contributed by atoms with Crippen molar-refractivity contribution < 1.29 is 26.7 Å². The van der Waals surface area contributed by atoms with Gasteiger partial charge in [0.1, 0.15) is 11.6 Å². The minimum Gasteiger partial charge on any atom is -0.352 e. The fourth-order valence-corrected chi connectivity index (χ4v) is 2.59. The lowest BCUT2D eigenvalue weighted by Gasteiger charge is -2.09. The summed E-state index contributed by atoms with van der Waals surface area (Å²) in [6, 6.07) is 8.20. The summed E-state index contributed by atoms with van der Waals surface area (Å²) in [5.41, 5.74) is -0.299. The van der Waals surface area contributed by atoms with Crippen LogP contribution in [0.1, 0.15) is 28.0 Å². The van der Waals surface area contributed by atoms with Crippen LogP contribution in [0.15, 0.2) is 42.5 Å². The predicted molar refractivity (Wildman–Crippen MR) is 82.3 cm³/mol. The molecule has 0 aliphatic rings. The highest BCUT2D eigenvalue weighted by atomic mass is 19.4. The monoisotopic (exact) mass is 353 g/mol. The highest BCUT2D eigenvalue weighted by Gasteiger charge is 2.34. The van der Waals surface area contributed by atoms with Crippen LogP contribution in [0.5, 0.6) is 0 Å². The number of aromatic amines is 1. The highest BCUT2D eigenvalue weighted by molar-refractivity contribution is 5.99. The highest BCUT2D eigenvalue weighted by Crippen LogP contribution is 2.32. The Labute approximate surface area is 139 Å². The summed E-state index contributed by atoms with van der Waals surface area (Å²) >= 11 is 0. The molecule has 0 aliphatic carbocycles. The Morgan fingerprint density at radius 1 is 1.00 bits per heavy atom. The molecule has 3 rings (SSSR count). The number of aryl methyl sites for hydroxylation is 1. The summed E-state index contributed by atoms with van der Waals surface area (Å²) in [4.78, 5) is 15.0. The van der Waals surface area contributed by atoms with Crippen molar-refractivity contribution in [1.29, 1.82) is 0 Å². The van der Waals surface area contributed by atoms with Gasteiger partial charge in [-0.15, -0.1) is 0 Å². The molecule has 130 valence electrons. The number of nitrogens with one attached hydrogen (secondary N) is 1. The van der Waals surface area contributed by atoms with Gasteiger partial charge in [-0.3, -0.25) is 4.79 Å². The van der Waals surface area contributed by atoms with Crippen molar-refractivity contribution in [1.82, 2.24) is 4.98 Å². The summed E-state index contributed by atoms with van der Waals surface area (Å²) in [7, 11) is 0. The second-order valence-electron chi connectivity index (χ2n) is 5.65. The van der Waals surface area contributed by atoms with Gasteiger partial charge in [0.05, 0.1) is 11.3 Å². The van der Waals surface area contributed by atoms with Gasteiger partial charge in [-0.05, 0) is 48.4 Å². The molecule has 25 heavy (non-hydrogen) atoms. The van der Waals surface area contributed by atoms with Crippen molar-refractivity contribution in [2.75, 3.05) is 0 Å². The first-order chi connectivity index (χ1) is 11.7. The minimum absolute atomic E-state index is 0.0337. The van der Waals surface area contributed by atoms with Crippen LogP contribution in [-0.2, 0) is 12.6 Å². The molecule has 1 N–H and O–H groups in total. The lowest BCUT2D eigenvalue weighted by molar-refractivity contribution is -0.140. The van der Waals surface area contributed by atoms with Gasteiger partial charge >= 0.3 is 6.18 Å². The average Bonchev–Trinajstić information content (AvgIpc) is 2.95. The zero-order chi connectivity index (χ0) is 18.2. The number of carbonyl (C=O) groups is 1. The summed E-state index contributed by atoms with van der Waals surface area (Å²) in [6.45, 7) is 0. The number of hydrogen-bond donors (Lipinski definition) is 1. The number of H-pyrrole nitrogens is 1. The van der Waals surface area contributed by atoms with Crippen molar-refractivity contribution in [3.63, 3.8) is 0 Å². The molecule has 0 bridgehead atoms. The Balaban J connectivity index is 1.75. The number of benzene rings is 2. The van der Waals surface area contributed by atoms with E-state index in [1.54, 1.807) is 0 Å². The van der Waals surface area contributed by atoms with E-state index in [1.165, 1.54) is 30.3 Å².